The van der Waals surface area contributed by atoms with E-state index in [1.54, 1.807) is 43.3 Å². The van der Waals surface area contributed by atoms with Gasteiger partial charge in [0.15, 0.2) is 9.84 Å². The van der Waals surface area contributed by atoms with E-state index < -0.39 is 15.8 Å². The molecule has 0 aromatic heterocycles. The SMILES string of the molecule is CC1(C)CCC(C)(C)c2cc(C#Cc3ccc(C(=O)O)cc3)ccc21.CCS(=O)(=O)c1ccc(/C=C(\C)c2ccc3c(c2)C(C)(C)CCC3(C)C)cc1. The van der Waals surface area contributed by atoms with Crippen molar-refractivity contribution < 1.29 is 18.3 Å². The van der Waals surface area contributed by atoms with E-state index >= 15 is 0 Å². The van der Waals surface area contributed by atoms with Gasteiger partial charge in [0.25, 0.3) is 0 Å². The monoisotopic (exact) mass is 728 g/mol. The van der Waals surface area contributed by atoms with Crippen molar-refractivity contribution in [2.75, 3.05) is 5.75 Å². The molecule has 0 unspecified atom stereocenters. The molecule has 0 aliphatic heterocycles. The molecule has 0 atom stereocenters. The number of fused-ring (bicyclic) bond motifs is 2. The lowest BCUT2D eigenvalue weighted by Crippen LogP contribution is -2.33. The van der Waals surface area contributed by atoms with E-state index in [0.29, 0.717) is 4.90 Å². The van der Waals surface area contributed by atoms with Crippen LogP contribution in [0.4, 0.5) is 0 Å². The van der Waals surface area contributed by atoms with Gasteiger partial charge in [-0.25, -0.2) is 13.2 Å². The number of hydrogen-bond donors (Lipinski definition) is 1. The van der Waals surface area contributed by atoms with E-state index in [-0.39, 0.29) is 33.0 Å². The summed E-state index contributed by atoms with van der Waals surface area (Å²) in [6, 6.07) is 27.3. The van der Waals surface area contributed by atoms with Crippen LogP contribution in [0.5, 0.6) is 0 Å². The molecule has 2 aliphatic carbocycles. The Balaban J connectivity index is 0.000000206. The van der Waals surface area contributed by atoms with Gasteiger partial charge in [-0.1, -0.05) is 117 Å². The number of allylic oxidation sites excluding steroid dienone is 1. The molecule has 0 bridgehead atoms. The molecule has 2 aliphatic rings. The Morgan fingerprint density at radius 1 is 0.623 bits per heavy atom. The fourth-order valence-corrected chi connectivity index (χ4v) is 8.50. The molecule has 0 fully saturated rings. The average molecular weight is 729 g/mol. The fraction of sp³-hybridized carbons (Fsp3) is 0.396. The minimum Gasteiger partial charge on any atom is -0.478 e. The van der Waals surface area contributed by atoms with Crippen molar-refractivity contribution in [3.63, 3.8) is 0 Å². The molecule has 0 heterocycles. The molecule has 6 rings (SSSR count). The normalized spacial score (nSPS) is 17.9. The first-order chi connectivity index (χ1) is 24.6. The Labute approximate surface area is 318 Å². The van der Waals surface area contributed by atoms with E-state index in [4.69, 9.17) is 5.11 Å². The zero-order chi connectivity index (χ0) is 39.0. The zero-order valence-corrected chi connectivity index (χ0v) is 34.1. The summed E-state index contributed by atoms with van der Waals surface area (Å²) in [7, 11) is -3.15. The van der Waals surface area contributed by atoms with Gasteiger partial charge in [0, 0.05) is 11.1 Å². The highest BCUT2D eigenvalue weighted by molar-refractivity contribution is 7.91. The molecule has 4 aromatic carbocycles. The maximum atomic E-state index is 12.0. The molecule has 278 valence electrons. The van der Waals surface area contributed by atoms with Gasteiger partial charge in [0.2, 0.25) is 0 Å². The number of carboxylic acids is 1. The molecule has 0 saturated heterocycles. The predicted octanol–water partition coefficient (Wildman–Crippen LogP) is 11.5. The van der Waals surface area contributed by atoms with E-state index in [2.05, 4.69) is 117 Å². The van der Waals surface area contributed by atoms with Crippen LogP contribution in [0.25, 0.3) is 11.6 Å². The molecule has 0 radical (unpaired) electrons. The summed E-state index contributed by atoms with van der Waals surface area (Å²) >= 11 is 0. The summed E-state index contributed by atoms with van der Waals surface area (Å²) in [5.41, 5.74) is 12.1. The van der Waals surface area contributed by atoms with Crippen molar-refractivity contribution in [1.82, 2.24) is 0 Å². The quantitative estimate of drug-likeness (QED) is 0.164. The summed E-state index contributed by atoms with van der Waals surface area (Å²) in [6.07, 6.45) is 6.93. The molecule has 53 heavy (non-hydrogen) atoms. The largest absolute Gasteiger partial charge is 0.478 e. The van der Waals surface area contributed by atoms with E-state index in [1.165, 1.54) is 59.1 Å². The van der Waals surface area contributed by atoms with Crippen LogP contribution < -0.4 is 0 Å². The number of aromatic carboxylic acids is 1. The number of hydrogen-bond acceptors (Lipinski definition) is 3. The molecule has 5 heteroatoms. The molecule has 0 spiro atoms. The first kappa shape index (κ1) is 39.8. The van der Waals surface area contributed by atoms with Gasteiger partial charge in [0.05, 0.1) is 16.2 Å². The molecular weight excluding hydrogens is 673 g/mol. The second-order valence-corrected chi connectivity index (χ2v) is 19.8. The fourth-order valence-electron chi connectivity index (χ4n) is 7.61. The maximum absolute atomic E-state index is 12.0. The van der Waals surface area contributed by atoms with Gasteiger partial charge in [-0.3, -0.25) is 0 Å². The average Bonchev–Trinajstić information content (AvgIpc) is 3.12. The van der Waals surface area contributed by atoms with Crippen LogP contribution in [0.1, 0.15) is 150 Å². The van der Waals surface area contributed by atoms with Crippen LogP contribution in [-0.4, -0.2) is 25.2 Å². The van der Waals surface area contributed by atoms with E-state index in [9.17, 15) is 13.2 Å². The van der Waals surface area contributed by atoms with Gasteiger partial charge < -0.3 is 5.11 Å². The Bertz CT molecular complexity index is 2200. The highest BCUT2D eigenvalue weighted by Crippen LogP contribution is 2.47. The summed E-state index contributed by atoms with van der Waals surface area (Å²) in [5, 5.41) is 8.95. The van der Waals surface area contributed by atoms with E-state index in [1.807, 2.05) is 12.1 Å². The van der Waals surface area contributed by atoms with Crippen molar-refractivity contribution in [2.45, 2.75) is 121 Å². The lowest BCUT2D eigenvalue weighted by atomic mass is 9.63. The van der Waals surface area contributed by atoms with Crippen LogP contribution in [0.15, 0.2) is 89.8 Å². The lowest BCUT2D eigenvalue weighted by molar-refractivity contribution is 0.0697. The third kappa shape index (κ3) is 8.88. The van der Waals surface area contributed by atoms with Crippen molar-refractivity contribution in [3.05, 3.63) is 135 Å². The first-order valence-electron chi connectivity index (χ1n) is 18.8. The van der Waals surface area contributed by atoms with Crippen LogP contribution >= 0.6 is 0 Å². The first-order valence-corrected chi connectivity index (χ1v) is 20.5. The van der Waals surface area contributed by atoms with E-state index in [0.717, 1.165) is 16.7 Å². The van der Waals surface area contributed by atoms with Gasteiger partial charge >= 0.3 is 5.97 Å². The number of rotatable bonds is 5. The topological polar surface area (TPSA) is 71.4 Å². The summed E-state index contributed by atoms with van der Waals surface area (Å²) in [4.78, 5) is 11.3. The summed E-state index contributed by atoms with van der Waals surface area (Å²) in [5.74, 6) is 5.58. The summed E-state index contributed by atoms with van der Waals surface area (Å²) in [6.45, 7) is 22.4. The molecule has 4 aromatic rings. The Hall–Kier alpha value is -4.40. The van der Waals surface area contributed by atoms with Crippen molar-refractivity contribution in [1.29, 1.82) is 0 Å². The van der Waals surface area contributed by atoms with Crippen LogP contribution in [0, 0.1) is 11.8 Å². The van der Waals surface area contributed by atoms with Crippen LogP contribution in [-0.2, 0) is 31.5 Å². The Kier molecular flexibility index (Phi) is 11.1. The molecule has 4 nitrogen and oxygen atoms in total. The van der Waals surface area contributed by atoms with Gasteiger partial charge in [-0.05, 0) is 142 Å². The number of carbonyl (C=O) groups is 1. The van der Waals surface area contributed by atoms with Gasteiger partial charge in [0.1, 0.15) is 0 Å². The third-order valence-corrected chi connectivity index (χ3v) is 13.4. The highest BCUT2D eigenvalue weighted by Gasteiger charge is 2.38. The number of carboxylic acid groups (broad SMARTS) is 1. The number of benzene rings is 4. The second kappa shape index (κ2) is 14.8. The van der Waals surface area contributed by atoms with Crippen molar-refractivity contribution in [2.24, 2.45) is 0 Å². The second-order valence-electron chi connectivity index (χ2n) is 17.5. The van der Waals surface area contributed by atoms with Gasteiger partial charge in [-0.15, -0.1) is 0 Å². The Morgan fingerprint density at radius 2 is 1.06 bits per heavy atom. The van der Waals surface area contributed by atoms with Crippen molar-refractivity contribution >= 4 is 27.5 Å². The molecule has 0 amide bonds. The molecular formula is C48H56O4S. The smallest absolute Gasteiger partial charge is 0.335 e. The zero-order valence-electron chi connectivity index (χ0n) is 33.3. The van der Waals surface area contributed by atoms with Gasteiger partial charge in [-0.2, -0.15) is 0 Å². The minimum absolute atomic E-state index is 0.127. The lowest BCUT2D eigenvalue weighted by Gasteiger charge is -2.42. The van der Waals surface area contributed by atoms with Crippen molar-refractivity contribution in [3.8, 4) is 11.8 Å². The van der Waals surface area contributed by atoms with Crippen LogP contribution in [0.2, 0.25) is 0 Å². The predicted molar refractivity (Wildman–Crippen MR) is 221 cm³/mol. The third-order valence-electron chi connectivity index (χ3n) is 11.6. The molecule has 1 N–H and O–H groups in total. The highest BCUT2D eigenvalue weighted by atomic mass is 32.2. The standard InChI is InChI=1S/C25H32O2S.C23H24O2/c1-7-28(26,27)21-11-8-19(9-12-21)16-18(2)20-10-13-22-23(17-20)25(5,6)15-14-24(22,3)4;1-22(2)13-14-23(3,4)20-15-17(9-12-19(20)22)6-5-16-7-10-18(11-8-16)21(24)25/h8-13,16-17H,7,14-15H2,1-6H3;7-12,15H,13-14H2,1-4H3,(H,24,25)/b18-16+;. The Morgan fingerprint density at radius 3 is 1.57 bits per heavy atom. The van der Waals surface area contributed by atoms with Crippen LogP contribution in [0.3, 0.4) is 0 Å². The summed E-state index contributed by atoms with van der Waals surface area (Å²) < 4.78 is 24.0. The maximum Gasteiger partial charge on any atom is 0.335 e. The minimum atomic E-state index is -3.15. The molecule has 0 saturated carbocycles. The number of sulfone groups is 1.